The summed E-state index contributed by atoms with van der Waals surface area (Å²) in [5, 5.41) is 0. The molecule has 0 bridgehead atoms. The molecule has 0 radical (unpaired) electrons. The van der Waals surface area contributed by atoms with Crippen molar-refractivity contribution in [1.29, 1.82) is 0 Å². The molecule has 1 saturated heterocycles. The predicted molar refractivity (Wildman–Crippen MR) is 70.6 cm³/mol. The van der Waals surface area contributed by atoms with Crippen LogP contribution in [0.15, 0.2) is 12.1 Å². The van der Waals surface area contributed by atoms with Crippen LogP contribution >= 0.6 is 0 Å². The van der Waals surface area contributed by atoms with Gasteiger partial charge in [0.2, 0.25) is 0 Å². The lowest BCUT2D eigenvalue weighted by molar-refractivity contribution is 0.174. The van der Waals surface area contributed by atoms with Gasteiger partial charge >= 0.3 is 0 Å². The lowest BCUT2D eigenvalue weighted by Gasteiger charge is -2.34. The second kappa shape index (κ2) is 5.37. The van der Waals surface area contributed by atoms with Crippen LogP contribution in [-0.4, -0.2) is 23.5 Å². The molecule has 0 spiro atoms. The normalized spacial score (nSPS) is 28.4. The summed E-state index contributed by atoms with van der Waals surface area (Å²) >= 11 is 0. The molecule has 2 N–H and O–H groups in total. The van der Waals surface area contributed by atoms with Crippen LogP contribution in [0.25, 0.3) is 0 Å². The van der Waals surface area contributed by atoms with E-state index in [2.05, 4.69) is 4.90 Å². The van der Waals surface area contributed by atoms with Gasteiger partial charge in [0.1, 0.15) is 0 Å². The van der Waals surface area contributed by atoms with Crippen LogP contribution in [0.5, 0.6) is 0 Å². The van der Waals surface area contributed by atoms with Gasteiger partial charge in [0, 0.05) is 12.1 Å². The largest absolute Gasteiger partial charge is 0.326 e. The van der Waals surface area contributed by atoms with Gasteiger partial charge in [-0.05, 0) is 49.9 Å². The maximum atomic E-state index is 13.5. The summed E-state index contributed by atoms with van der Waals surface area (Å²) in [6.07, 6.45) is 5.11. The third kappa shape index (κ3) is 2.56. The molecule has 2 unspecified atom stereocenters. The van der Waals surface area contributed by atoms with Crippen LogP contribution in [0.3, 0.4) is 0 Å². The fourth-order valence-electron chi connectivity index (χ4n) is 3.22. The zero-order chi connectivity index (χ0) is 14.3. The highest BCUT2D eigenvalue weighted by Crippen LogP contribution is 2.39. The molecule has 0 aromatic heterocycles. The second-order valence-corrected chi connectivity index (χ2v) is 5.87. The highest BCUT2D eigenvalue weighted by Gasteiger charge is 2.38. The number of halogens is 3. The first-order valence-corrected chi connectivity index (χ1v) is 7.23. The highest BCUT2D eigenvalue weighted by molar-refractivity contribution is 5.25. The third-order valence-electron chi connectivity index (χ3n) is 4.33. The van der Waals surface area contributed by atoms with Crippen molar-refractivity contribution in [3.8, 4) is 0 Å². The minimum Gasteiger partial charge on any atom is -0.326 e. The number of hydrogen-bond acceptors (Lipinski definition) is 2. The van der Waals surface area contributed by atoms with E-state index in [0.717, 1.165) is 50.8 Å². The van der Waals surface area contributed by atoms with Gasteiger partial charge in [-0.1, -0.05) is 6.42 Å². The van der Waals surface area contributed by atoms with Gasteiger partial charge < -0.3 is 5.73 Å². The van der Waals surface area contributed by atoms with Crippen LogP contribution in [0, 0.1) is 17.5 Å². The van der Waals surface area contributed by atoms with Crippen molar-refractivity contribution in [2.75, 3.05) is 6.54 Å². The summed E-state index contributed by atoms with van der Waals surface area (Å²) in [5.41, 5.74) is 6.69. The number of benzene rings is 1. The summed E-state index contributed by atoms with van der Waals surface area (Å²) in [7, 11) is 0. The Balaban J connectivity index is 1.98. The Labute approximate surface area is 116 Å². The molecule has 1 aliphatic heterocycles. The van der Waals surface area contributed by atoms with Gasteiger partial charge in [-0.15, -0.1) is 0 Å². The van der Waals surface area contributed by atoms with E-state index in [1.54, 1.807) is 0 Å². The highest BCUT2D eigenvalue weighted by atomic mass is 19.2. The molecular formula is C15H19F3N2. The quantitative estimate of drug-likeness (QED) is 0.845. The standard InChI is InChI=1S/C15H19F3N2/c16-11-7-9(8-12(17)14(11)18)15-13(19)3-1-2-6-20(15)10-4-5-10/h7-8,10,13,15H,1-6,19H2. The molecule has 2 fully saturated rings. The van der Waals surface area contributed by atoms with Crippen molar-refractivity contribution < 1.29 is 13.2 Å². The van der Waals surface area contributed by atoms with Gasteiger partial charge in [0.15, 0.2) is 17.5 Å². The molecule has 2 atom stereocenters. The number of nitrogens with zero attached hydrogens (tertiary/aromatic N) is 1. The van der Waals surface area contributed by atoms with Crippen LogP contribution in [0.1, 0.15) is 43.7 Å². The predicted octanol–water partition coefficient (Wildman–Crippen LogP) is 3.12. The van der Waals surface area contributed by atoms with Crippen molar-refractivity contribution in [3.63, 3.8) is 0 Å². The van der Waals surface area contributed by atoms with Gasteiger partial charge in [-0.25, -0.2) is 13.2 Å². The monoisotopic (exact) mass is 284 g/mol. The Morgan fingerprint density at radius 1 is 1.00 bits per heavy atom. The van der Waals surface area contributed by atoms with Crippen LogP contribution in [0.4, 0.5) is 13.2 Å². The zero-order valence-corrected chi connectivity index (χ0v) is 11.3. The van der Waals surface area contributed by atoms with E-state index in [1.807, 2.05) is 0 Å². The Morgan fingerprint density at radius 3 is 2.25 bits per heavy atom. The number of nitrogens with two attached hydrogens (primary N) is 1. The van der Waals surface area contributed by atoms with E-state index in [-0.39, 0.29) is 12.1 Å². The van der Waals surface area contributed by atoms with Gasteiger partial charge in [-0.2, -0.15) is 0 Å². The average Bonchev–Trinajstić information content (AvgIpc) is 3.22. The first-order chi connectivity index (χ1) is 9.58. The number of hydrogen-bond donors (Lipinski definition) is 1. The maximum Gasteiger partial charge on any atom is 0.194 e. The summed E-state index contributed by atoms with van der Waals surface area (Å²) in [6, 6.07) is 2.28. The van der Waals surface area contributed by atoms with Crippen LogP contribution in [0.2, 0.25) is 0 Å². The van der Waals surface area contributed by atoms with Crippen LogP contribution in [-0.2, 0) is 0 Å². The topological polar surface area (TPSA) is 29.3 Å². The molecule has 1 aliphatic carbocycles. The van der Waals surface area contributed by atoms with Gasteiger partial charge in [-0.3, -0.25) is 4.90 Å². The minimum atomic E-state index is -1.41. The Bertz CT molecular complexity index is 479. The van der Waals surface area contributed by atoms with Gasteiger partial charge in [0.25, 0.3) is 0 Å². The van der Waals surface area contributed by atoms with E-state index >= 15 is 0 Å². The molecule has 0 amide bonds. The minimum absolute atomic E-state index is 0.164. The van der Waals surface area contributed by atoms with E-state index < -0.39 is 17.5 Å². The van der Waals surface area contributed by atoms with E-state index in [4.69, 9.17) is 5.73 Å². The van der Waals surface area contributed by atoms with Crippen molar-refractivity contribution in [1.82, 2.24) is 4.90 Å². The Hall–Kier alpha value is -1.07. The van der Waals surface area contributed by atoms with E-state index in [9.17, 15) is 13.2 Å². The molecule has 1 saturated carbocycles. The first kappa shape index (κ1) is 13.9. The first-order valence-electron chi connectivity index (χ1n) is 7.23. The molecule has 1 aromatic rings. The van der Waals surface area contributed by atoms with Crippen LogP contribution < -0.4 is 5.73 Å². The number of likely N-dealkylation sites (tertiary alicyclic amines) is 1. The Kier molecular flexibility index (Phi) is 3.73. The SMILES string of the molecule is NC1CCCCN(C2CC2)C1c1cc(F)c(F)c(F)c1. The zero-order valence-electron chi connectivity index (χ0n) is 11.3. The molecule has 110 valence electrons. The van der Waals surface area contributed by atoms with Gasteiger partial charge in [0.05, 0.1) is 6.04 Å². The van der Waals surface area contributed by atoms with Crippen molar-refractivity contribution >= 4 is 0 Å². The summed E-state index contributed by atoms with van der Waals surface area (Å²) in [4.78, 5) is 2.25. The molecular weight excluding hydrogens is 265 g/mol. The average molecular weight is 284 g/mol. The van der Waals surface area contributed by atoms with E-state index in [0.29, 0.717) is 11.6 Å². The van der Waals surface area contributed by atoms with Crippen molar-refractivity contribution in [2.24, 2.45) is 5.73 Å². The second-order valence-electron chi connectivity index (χ2n) is 5.87. The van der Waals surface area contributed by atoms with Crippen molar-refractivity contribution in [2.45, 2.75) is 50.2 Å². The fraction of sp³-hybridized carbons (Fsp3) is 0.600. The van der Waals surface area contributed by atoms with Crippen molar-refractivity contribution in [3.05, 3.63) is 35.1 Å². The third-order valence-corrected chi connectivity index (χ3v) is 4.33. The molecule has 1 aromatic carbocycles. The molecule has 1 heterocycles. The lowest BCUT2D eigenvalue weighted by Crippen LogP contribution is -2.41. The summed E-state index contributed by atoms with van der Waals surface area (Å²) < 4.78 is 40.1. The maximum absolute atomic E-state index is 13.5. The number of rotatable bonds is 2. The molecule has 20 heavy (non-hydrogen) atoms. The summed E-state index contributed by atoms with van der Waals surface area (Å²) in [6.45, 7) is 0.893. The Morgan fingerprint density at radius 2 is 1.65 bits per heavy atom. The molecule has 2 nitrogen and oxygen atoms in total. The lowest BCUT2D eigenvalue weighted by atomic mass is 9.96. The fourth-order valence-corrected chi connectivity index (χ4v) is 3.22. The van der Waals surface area contributed by atoms with E-state index in [1.165, 1.54) is 0 Å². The molecule has 3 rings (SSSR count). The molecule has 2 aliphatic rings. The summed E-state index contributed by atoms with van der Waals surface area (Å²) in [5.74, 6) is -3.67. The smallest absolute Gasteiger partial charge is 0.194 e. The molecule has 5 heteroatoms.